The molecule has 0 aliphatic heterocycles. The number of aliphatic hydroxyl groups is 1. The summed E-state index contributed by atoms with van der Waals surface area (Å²) in [5.74, 6) is 0. The number of rotatable bonds is 8. The number of nitrogens with zero attached hydrogens (tertiary/aromatic N) is 2. The Kier molecular flexibility index (Phi) is 7.34. The van der Waals surface area contributed by atoms with Crippen LogP contribution in [0.2, 0.25) is 0 Å². The molecule has 1 atom stereocenters. The molecule has 3 N–H and O–H groups in total. The predicted molar refractivity (Wildman–Crippen MR) is 84.5 cm³/mol. The highest BCUT2D eigenvalue weighted by molar-refractivity contribution is 5.68. The van der Waals surface area contributed by atoms with Gasteiger partial charge < -0.3 is 20.5 Å². The van der Waals surface area contributed by atoms with Crippen molar-refractivity contribution in [1.29, 1.82) is 0 Å². The van der Waals surface area contributed by atoms with E-state index in [9.17, 15) is 4.79 Å². The number of aliphatic hydroxyl groups excluding tert-OH is 1. The Balaban J connectivity index is 2.32. The number of ether oxygens (including phenoxy) is 1. The summed E-state index contributed by atoms with van der Waals surface area (Å²) >= 11 is 0. The number of hydrogen-bond donors (Lipinski definition) is 3. The first-order valence-corrected chi connectivity index (χ1v) is 7.66. The fourth-order valence-electron chi connectivity index (χ4n) is 1.88. The van der Waals surface area contributed by atoms with E-state index in [0.29, 0.717) is 19.6 Å². The smallest absolute Gasteiger partial charge is 0.407 e. The number of aromatic nitrogens is 2. The highest BCUT2D eigenvalue weighted by atomic mass is 16.6. The molecule has 0 aliphatic rings. The maximum Gasteiger partial charge on any atom is 0.407 e. The molecule has 1 aromatic rings. The van der Waals surface area contributed by atoms with E-state index in [1.807, 2.05) is 33.9 Å². The number of nitrogens with one attached hydrogen (secondary N) is 2. The Labute approximate surface area is 132 Å². The van der Waals surface area contributed by atoms with E-state index in [0.717, 1.165) is 12.0 Å². The van der Waals surface area contributed by atoms with Gasteiger partial charge in [0.15, 0.2) is 0 Å². The maximum atomic E-state index is 11.7. The van der Waals surface area contributed by atoms with Crippen LogP contribution < -0.4 is 10.6 Å². The van der Waals surface area contributed by atoms with Crippen molar-refractivity contribution in [3.05, 3.63) is 18.0 Å². The lowest BCUT2D eigenvalue weighted by molar-refractivity contribution is 0.0502. The lowest BCUT2D eigenvalue weighted by Gasteiger charge is -2.23. The number of hydrogen-bond acceptors (Lipinski definition) is 5. The fraction of sp³-hybridized carbons (Fsp3) is 0.733. The van der Waals surface area contributed by atoms with Crippen molar-refractivity contribution < 1.29 is 14.6 Å². The third kappa shape index (κ3) is 7.42. The summed E-state index contributed by atoms with van der Waals surface area (Å²) in [6.45, 7) is 9.44. The molecule has 0 fully saturated rings. The molecule has 126 valence electrons. The van der Waals surface area contributed by atoms with Gasteiger partial charge in [-0.1, -0.05) is 6.92 Å². The van der Waals surface area contributed by atoms with Crippen LogP contribution in [0.25, 0.3) is 0 Å². The standard InChI is InChI=1S/C15H28N4O3/c1-5-13(18-14(21)22-15(2,3)4)10-16-8-12-9-17-19(11-12)6-7-20/h9,11,13,16,20H,5-8,10H2,1-4H3,(H,18,21). The van der Waals surface area contributed by atoms with E-state index in [1.165, 1.54) is 0 Å². The van der Waals surface area contributed by atoms with Gasteiger partial charge in [0, 0.05) is 30.9 Å². The van der Waals surface area contributed by atoms with Crippen LogP contribution in [0, 0.1) is 0 Å². The van der Waals surface area contributed by atoms with Crippen LogP contribution in [-0.4, -0.2) is 45.8 Å². The van der Waals surface area contributed by atoms with Gasteiger partial charge in [-0.25, -0.2) is 4.79 Å². The van der Waals surface area contributed by atoms with Gasteiger partial charge in [-0.05, 0) is 27.2 Å². The Morgan fingerprint density at radius 3 is 2.82 bits per heavy atom. The minimum Gasteiger partial charge on any atom is -0.444 e. The summed E-state index contributed by atoms with van der Waals surface area (Å²) in [7, 11) is 0. The average molecular weight is 312 g/mol. The van der Waals surface area contributed by atoms with Crippen molar-refractivity contribution in [1.82, 2.24) is 20.4 Å². The molecule has 0 spiro atoms. The number of carbonyl (C=O) groups is 1. The van der Waals surface area contributed by atoms with Gasteiger partial charge in [0.2, 0.25) is 0 Å². The second-order valence-electron chi connectivity index (χ2n) is 6.22. The van der Waals surface area contributed by atoms with E-state index in [4.69, 9.17) is 9.84 Å². The molecule has 0 radical (unpaired) electrons. The lowest BCUT2D eigenvalue weighted by atomic mass is 10.2. The van der Waals surface area contributed by atoms with Crippen molar-refractivity contribution in [2.24, 2.45) is 0 Å². The minimum absolute atomic E-state index is 0.0161. The van der Waals surface area contributed by atoms with Crippen LogP contribution in [0.3, 0.4) is 0 Å². The molecule has 1 rings (SSSR count). The SMILES string of the molecule is CCC(CNCc1cnn(CCO)c1)NC(=O)OC(C)(C)C. The highest BCUT2D eigenvalue weighted by Gasteiger charge is 2.18. The van der Waals surface area contributed by atoms with Crippen molar-refractivity contribution in [3.63, 3.8) is 0 Å². The second kappa shape index (κ2) is 8.75. The van der Waals surface area contributed by atoms with E-state index in [1.54, 1.807) is 10.9 Å². The van der Waals surface area contributed by atoms with Gasteiger partial charge >= 0.3 is 6.09 Å². The van der Waals surface area contributed by atoms with Crippen LogP contribution in [0.1, 0.15) is 39.7 Å². The van der Waals surface area contributed by atoms with Gasteiger partial charge in [0.25, 0.3) is 0 Å². The molecule has 0 aliphatic carbocycles. The summed E-state index contributed by atoms with van der Waals surface area (Å²) in [4.78, 5) is 11.7. The first-order valence-electron chi connectivity index (χ1n) is 7.66. The number of amides is 1. The molecule has 0 saturated carbocycles. The molecule has 7 heteroatoms. The molecule has 0 aromatic carbocycles. The Morgan fingerprint density at radius 1 is 1.50 bits per heavy atom. The normalized spacial score (nSPS) is 13.0. The van der Waals surface area contributed by atoms with Gasteiger partial charge in [0.1, 0.15) is 5.60 Å². The molecular weight excluding hydrogens is 284 g/mol. The van der Waals surface area contributed by atoms with Crippen LogP contribution in [0.15, 0.2) is 12.4 Å². The molecule has 0 saturated heterocycles. The summed E-state index contributed by atoms with van der Waals surface area (Å²) in [5.41, 5.74) is 0.553. The number of alkyl carbamates (subject to hydrolysis) is 1. The molecule has 1 amide bonds. The van der Waals surface area contributed by atoms with Gasteiger partial charge in [0.05, 0.1) is 19.3 Å². The molecule has 0 bridgehead atoms. The van der Waals surface area contributed by atoms with Gasteiger partial charge in [-0.2, -0.15) is 5.10 Å². The van der Waals surface area contributed by atoms with E-state index < -0.39 is 11.7 Å². The van der Waals surface area contributed by atoms with Gasteiger partial charge in [-0.15, -0.1) is 0 Å². The Morgan fingerprint density at radius 2 is 2.23 bits per heavy atom. The summed E-state index contributed by atoms with van der Waals surface area (Å²) in [6.07, 6.45) is 4.09. The highest BCUT2D eigenvalue weighted by Crippen LogP contribution is 2.07. The molecule has 1 aromatic heterocycles. The fourth-order valence-corrected chi connectivity index (χ4v) is 1.88. The van der Waals surface area contributed by atoms with Crippen LogP contribution in [0.4, 0.5) is 4.79 Å². The van der Waals surface area contributed by atoms with E-state index in [-0.39, 0.29) is 12.6 Å². The third-order valence-electron chi connectivity index (χ3n) is 2.95. The largest absolute Gasteiger partial charge is 0.444 e. The van der Waals surface area contributed by atoms with Crippen LogP contribution >= 0.6 is 0 Å². The third-order valence-corrected chi connectivity index (χ3v) is 2.95. The van der Waals surface area contributed by atoms with E-state index >= 15 is 0 Å². The monoisotopic (exact) mass is 312 g/mol. The zero-order valence-electron chi connectivity index (χ0n) is 13.9. The zero-order chi connectivity index (χ0) is 16.6. The zero-order valence-corrected chi connectivity index (χ0v) is 13.9. The van der Waals surface area contributed by atoms with Crippen LogP contribution in [0.5, 0.6) is 0 Å². The average Bonchev–Trinajstić information content (AvgIpc) is 2.83. The van der Waals surface area contributed by atoms with Crippen molar-refractivity contribution in [2.75, 3.05) is 13.2 Å². The van der Waals surface area contributed by atoms with Gasteiger partial charge in [-0.3, -0.25) is 4.68 Å². The Bertz CT molecular complexity index is 454. The first-order chi connectivity index (χ1) is 10.3. The molecule has 7 nitrogen and oxygen atoms in total. The molecule has 22 heavy (non-hydrogen) atoms. The van der Waals surface area contributed by atoms with E-state index in [2.05, 4.69) is 15.7 Å². The lowest BCUT2D eigenvalue weighted by Crippen LogP contribution is -2.43. The molecule has 1 heterocycles. The summed E-state index contributed by atoms with van der Waals surface area (Å²) in [5, 5.41) is 19.1. The molecular formula is C15H28N4O3. The summed E-state index contributed by atoms with van der Waals surface area (Å²) < 4.78 is 6.95. The first kappa shape index (κ1) is 18.4. The number of carbonyl (C=O) groups excluding carboxylic acids is 1. The topological polar surface area (TPSA) is 88.4 Å². The summed E-state index contributed by atoms with van der Waals surface area (Å²) in [6, 6.07) is 0.0161. The molecule has 1 unspecified atom stereocenters. The quantitative estimate of drug-likeness (QED) is 0.673. The minimum atomic E-state index is -0.489. The van der Waals surface area contributed by atoms with Crippen molar-refractivity contribution in [3.8, 4) is 0 Å². The van der Waals surface area contributed by atoms with Crippen molar-refractivity contribution in [2.45, 2.75) is 58.8 Å². The van der Waals surface area contributed by atoms with Crippen molar-refractivity contribution >= 4 is 6.09 Å². The van der Waals surface area contributed by atoms with Crippen LogP contribution in [-0.2, 0) is 17.8 Å². The maximum absolute atomic E-state index is 11.7. The predicted octanol–water partition coefficient (Wildman–Crippen LogP) is 1.27. The Hall–Kier alpha value is -1.60. The second-order valence-corrected chi connectivity index (χ2v) is 6.22.